The molecule has 1 amide bonds. The van der Waals surface area contributed by atoms with Gasteiger partial charge in [-0.05, 0) is 26.0 Å². The number of morpholine rings is 1. The molecule has 126 valence electrons. The van der Waals surface area contributed by atoms with E-state index in [-0.39, 0.29) is 24.5 Å². The molecule has 0 saturated carbocycles. The van der Waals surface area contributed by atoms with E-state index in [4.69, 9.17) is 9.47 Å². The molecule has 1 aliphatic rings. The van der Waals surface area contributed by atoms with Crippen molar-refractivity contribution >= 4 is 29.0 Å². The lowest BCUT2D eigenvalue weighted by molar-refractivity contribution is -0.160. The van der Waals surface area contributed by atoms with Gasteiger partial charge in [-0.25, -0.2) is 0 Å². The van der Waals surface area contributed by atoms with Crippen molar-refractivity contribution in [1.29, 1.82) is 0 Å². The second kappa shape index (κ2) is 8.21. The molecule has 0 bridgehead atoms. The lowest BCUT2D eigenvalue weighted by Gasteiger charge is -2.28. The average Bonchev–Trinajstić information content (AvgIpc) is 2.99. The van der Waals surface area contributed by atoms with Crippen molar-refractivity contribution in [3.63, 3.8) is 0 Å². The number of thiophene rings is 1. The third-order valence-electron chi connectivity index (χ3n) is 3.55. The Hall–Kier alpha value is -1.73. The summed E-state index contributed by atoms with van der Waals surface area (Å²) in [5.74, 6) is -0.824. The largest absolute Gasteiger partial charge is 0.453 e. The van der Waals surface area contributed by atoms with Gasteiger partial charge in [0.05, 0.1) is 24.5 Å². The molecule has 1 saturated heterocycles. The first-order chi connectivity index (χ1) is 11.0. The molecular formula is C16H21NO5S. The maximum Gasteiger partial charge on any atom is 0.307 e. The Labute approximate surface area is 139 Å². The number of rotatable bonds is 6. The van der Waals surface area contributed by atoms with Crippen LogP contribution in [-0.4, -0.2) is 55.0 Å². The summed E-state index contributed by atoms with van der Waals surface area (Å²) in [5, 5.41) is 0. The van der Waals surface area contributed by atoms with Gasteiger partial charge in [0.1, 0.15) is 0 Å². The fourth-order valence-corrected chi connectivity index (χ4v) is 3.11. The van der Waals surface area contributed by atoms with Crippen LogP contribution in [0.3, 0.4) is 0 Å². The van der Waals surface area contributed by atoms with E-state index in [0.717, 1.165) is 4.88 Å². The van der Waals surface area contributed by atoms with Crippen LogP contribution in [0.15, 0.2) is 12.1 Å². The molecule has 1 aliphatic heterocycles. The summed E-state index contributed by atoms with van der Waals surface area (Å²) in [6.45, 7) is 5.50. The fraction of sp³-hybridized carbons (Fsp3) is 0.562. The van der Waals surface area contributed by atoms with Gasteiger partial charge in [-0.1, -0.05) is 0 Å². The number of carbonyl (C=O) groups is 3. The Kier molecular flexibility index (Phi) is 6.29. The Balaban J connectivity index is 1.75. The SMILES string of the molecule is Cc1ccc(C(=O)CCC(=O)OC(C)C(=O)N2CCOCC2)s1. The van der Waals surface area contributed by atoms with Crippen molar-refractivity contribution in [2.45, 2.75) is 32.8 Å². The molecule has 0 aliphatic carbocycles. The van der Waals surface area contributed by atoms with E-state index in [1.807, 2.05) is 13.0 Å². The summed E-state index contributed by atoms with van der Waals surface area (Å²) < 4.78 is 10.3. The first kappa shape index (κ1) is 17.6. The van der Waals surface area contributed by atoms with Crippen LogP contribution in [0, 0.1) is 6.92 Å². The van der Waals surface area contributed by atoms with Crippen LogP contribution < -0.4 is 0 Å². The van der Waals surface area contributed by atoms with Crippen molar-refractivity contribution < 1.29 is 23.9 Å². The molecule has 23 heavy (non-hydrogen) atoms. The first-order valence-electron chi connectivity index (χ1n) is 7.63. The number of amides is 1. The minimum absolute atomic E-state index is 0.0173. The van der Waals surface area contributed by atoms with E-state index < -0.39 is 12.1 Å². The highest BCUT2D eigenvalue weighted by atomic mass is 32.1. The summed E-state index contributed by atoms with van der Waals surface area (Å²) in [6, 6.07) is 3.64. The molecule has 0 spiro atoms. The smallest absolute Gasteiger partial charge is 0.307 e. The standard InChI is InChI=1S/C16H21NO5S/c1-11-3-5-14(23-11)13(18)4-6-15(19)22-12(2)16(20)17-7-9-21-10-8-17/h3,5,12H,4,6-10H2,1-2H3. The van der Waals surface area contributed by atoms with E-state index in [2.05, 4.69) is 0 Å². The lowest BCUT2D eigenvalue weighted by atomic mass is 10.2. The summed E-state index contributed by atoms with van der Waals surface area (Å²) in [5.41, 5.74) is 0. The van der Waals surface area contributed by atoms with Crippen LogP contribution in [0.5, 0.6) is 0 Å². The van der Waals surface area contributed by atoms with E-state index in [9.17, 15) is 14.4 Å². The van der Waals surface area contributed by atoms with E-state index in [0.29, 0.717) is 31.2 Å². The second-order valence-corrected chi connectivity index (χ2v) is 6.69. The number of aryl methyl sites for hydroxylation is 1. The molecule has 7 heteroatoms. The lowest BCUT2D eigenvalue weighted by Crippen LogP contribution is -2.46. The van der Waals surface area contributed by atoms with Gasteiger partial charge in [-0.15, -0.1) is 11.3 Å². The third kappa shape index (κ3) is 5.14. The number of nitrogens with zero attached hydrogens (tertiary/aromatic N) is 1. The van der Waals surface area contributed by atoms with Crippen molar-refractivity contribution in [2.24, 2.45) is 0 Å². The Morgan fingerprint density at radius 2 is 1.96 bits per heavy atom. The maximum atomic E-state index is 12.1. The zero-order chi connectivity index (χ0) is 16.8. The minimum atomic E-state index is -0.834. The summed E-state index contributed by atoms with van der Waals surface area (Å²) in [7, 11) is 0. The van der Waals surface area contributed by atoms with Gasteiger partial charge in [0.15, 0.2) is 11.9 Å². The number of carbonyl (C=O) groups excluding carboxylic acids is 3. The zero-order valence-electron chi connectivity index (χ0n) is 13.4. The van der Waals surface area contributed by atoms with Crippen molar-refractivity contribution in [3.05, 3.63) is 21.9 Å². The normalized spacial score (nSPS) is 16.0. The molecule has 1 fully saturated rings. The second-order valence-electron chi connectivity index (χ2n) is 5.40. The van der Waals surface area contributed by atoms with Crippen LogP contribution in [0.25, 0.3) is 0 Å². The van der Waals surface area contributed by atoms with Crippen LogP contribution in [0.2, 0.25) is 0 Å². The topological polar surface area (TPSA) is 72.9 Å². The van der Waals surface area contributed by atoms with Gasteiger partial charge in [-0.3, -0.25) is 14.4 Å². The van der Waals surface area contributed by atoms with Gasteiger partial charge < -0.3 is 14.4 Å². The highest BCUT2D eigenvalue weighted by molar-refractivity contribution is 7.14. The van der Waals surface area contributed by atoms with Gasteiger partial charge in [0, 0.05) is 24.4 Å². The summed E-state index contributed by atoms with van der Waals surface area (Å²) >= 11 is 1.41. The van der Waals surface area contributed by atoms with Crippen LogP contribution >= 0.6 is 11.3 Å². The number of hydrogen-bond donors (Lipinski definition) is 0. The zero-order valence-corrected chi connectivity index (χ0v) is 14.2. The number of ether oxygens (including phenoxy) is 2. The van der Waals surface area contributed by atoms with Gasteiger partial charge >= 0.3 is 5.97 Å². The maximum absolute atomic E-state index is 12.1. The molecule has 0 radical (unpaired) electrons. The number of ketones is 1. The van der Waals surface area contributed by atoms with Gasteiger partial charge in [0.2, 0.25) is 0 Å². The highest BCUT2D eigenvalue weighted by Crippen LogP contribution is 2.17. The minimum Gasteiger partial charge on any atom is -0.453 e. The van der Waals surface area contributed by atoms with Crippen LogP contribution in [-0.2, 0) is 19.1 Å². The van der Waals surface area contributed by atoms with E-state index in [1.165, 1.54) is 11.3 Å². The Bertz CT molecular complexity index is 577. The van der Waals surface area contributed by atoms with Gasteiger partial charge in [0.25, 0.3) is 5.91 Å². The predicted molar refractivity (Wildman–Crippen MR) is 85.6 cm³/mol. The molecule has 1 atom stereocenters. The first-order valence-corrected chi connectivity index (χ1v) is 8.44. The van der Waals surface area contributed by atoms with Gasteiger partial charge in [-0.2, -0.15) is 0 Å². The predicted octanol–water partition coefficient (Wildman–Crippen LogP) is 1.81. The van der Waals surface area contributed by atoms with Crippen molar-refractivity contribution in [3.8, 4) is 0 Å². The fourth-order valence-electron chi connectivity index (χ4n) is 2.27. The Morgan fingerprint density at radius 3 is 2.57 bits per heavy atom. The van der Waals surface area contributed by atoms with Crippen molar-refractivity contribution in [2.75, 3.05) is 26.3 Å². The molecular weight excluding hydrogens is 318 g/mol. The van der Waals surface area contributed by atoms with Crippen molar-refractivity contribution in [1.82, 2.24) is 4.90 Å². The number of hydrogen-bond acceptors (Lipinski definition) is 6. The molecule has 1 unspecified atom stereocenters. The monoisotopic (exact) mass is 339 g/mol. The molecule has 2 heterocycles. The molecule has 0 aromatic carbocycles. The summed E-state index contributed by atoms with van der Waals surface area (Å²) in [4.78, 5) is 39.2. The molecule has 2 rings (SSSR count). The van der Waals surface area contributed by atoms with Crippen LogP contribution in [0.1, 0.15) is 34.3 Å². The molecule has 0 N–H and O–H groups in total. The molecule has 6 nitrogen and oxygen atoms in total. The Morgan fingerprint density at radius 1 is 1.26 bits per heavy atom. The quantitative estimate of drug-likeness (QED) is 0.584. The van der Waals surface area contributed by atoms with E-state index >= 15 is 0 Å². The molecule has 1 aromatic rings. The summed E-state index contributed by atoms with van der Waals surface area (Å²) in [6.07, 6.45) is -0.756. The molecule has 1 aromatic heterocycles. The highest BCUT2D eigenvalue weighted by Gasteiger charge is 2.25. The number of Topliss-reactive ketones (excluding diaryl/α,β-unsaturated/α-hetero) is 1. The average molecular weight is 339 g/mol. The number of esters is 1. The van der Waals surface area contributed by atoms with Crippen LogP contribution in [0.4, 0.5) is 0 Å². The third-order valence-corrected chi connectivity index (χ3v) is 4.59. The van der Waals surface area contributed by atoms with E-state index in [1.54, 1.807) is 17.9 Å².